The molecule has 7 nitrogen and oxygen atoms in total. The Bertz CT molecular complexity index is 562. The Morgan fingerprint density at radius 2 is 1.72 bits per heavy atom. The van der Waals surface area contributed by atoms with Gasteiger partial charge in [-0.2, -0.15) is 0 Å². The van der Waals surface area contributed by atoms with E-state index in [0.717, 1.165) is 12.7 Å². The quantitative estimate of drug-likeness (QED) is 0.371. The fourth-order valence-electron chi connectivity index (χ4n) is 3.72. The van der Waals surface area contributed by atoms with Gasteiger partial charge in [0.25, 0.3) is 0 Å². The van der Waals surface area contributed by atoms with Gasteiger partial charge in [-0.1, -0.05) is 46.3 Å². The lowest BCUT2D eigenvalue weighted by molar-refractivity contribution is -0.143. The molecule has 0 heterocycles. The smallest absolute Gasteiger partial charge is 0.245 e. The predicted molar refractivity (Wildman–Crippen MR) is 117 cm³/mol. The van der Waals surface area contributed by atoms with Crippen LogP contribution in [-0.4, -0.2) is 80.4 Å². The molecule has 0 radical (unpaired) electrons. The number of methoxy groups -OCH3 is 1. The molecule has 0 spiro atoms. The summed E-state index contributed by atoms with van der Waals surface area (Å²) in [5.41, 5.74) is 0.707. The zero-order valence-electron chi connectivity index (χ0n) is 19.7. The fourth-order valence-corrected chi connectivity index (χ4v) is 3.72. The zero-order valence-corrected chi connectivity index (χ0v) is 19.7. The molecule has 0 unspecified atom stereocenters. The van der Waals surface area contributed by atoms with E-state index in [1.807, 2.05) is 27.7 Å². The number of nitrogens with zero attached hydrogens (tertiary/aromatic N) is 2. The van der Waals surface area contributed by atoms with E-state index >= 15 is 0 Å². The van der Waals surface area contributed by atoms with Crippen LogP contribution in [-0.2, 0) is 19.1 Å². The molecule has 1 N–H and O–H groups in total. The van der Waals surface area contributed by atoms with Gasteiger partial charge in [-0.25, -0.2) is 0 Å². The summed E-state index contributed by atoms with van der Waals surface area (Å²) in [4.78, 5) is 40.8. The van der Waals surface area contributed by atoms with Crippen molar-refractivity contribution in [3.8, 4) is 0 Å². The summed E-state index contributed by atoms with van der Waals surface area (Å²) in [5, 5.41) is 2.92. The maximum Gasteiger partial charge on any atom is 0.245 e. The molecule has 7 heteroatoms. The molecular formula is C22H41N3O4. The lowest BCUT2D eigenvalue weighted by atomic mass is 9.90. The van der Waals surface area contributed by atoms with E-state index in [1.54, 1.807) is 45.0 Å². The Kier molecular flexibility index (Phi) is 12.0. The van der Waals surface area contributed by atoms with E-state index in [9.17, 15) is 14.4 Å². The minimum atomic E-state index is -0.686. The van der Waals surface area contributed by atoms with Crippen LogP contribution in [0.5, 0.6) is 0 Å². The number of rotatable bonds is 13. The van der Waals surface area contributed by atoms with Crippen molar-refractivity contribution in [3.63, 3.8) is 0 Å². The molecule has 0 aliphatic carbocycles. The van der Waals surface area contributed by atoms with Crippen LogP contribution in [0.1, 0.15) is 47.5 Å². The molecule has 0 saturated carbocycles. The summed E-state index contributed by atoms with van der Waals surface area (Å²) in [7, 11) is 6.88. The van der Waals surface area contributed by atoms with Gasteiger partial charge in [0.1, 0.15) is 18.4 Å². The lowest BCUT2D eigenvalue weighted by Crippen LogP contribution is -2.58. The molecular weight excluding hydrogens is 370 g/mol. The number of hydrogen-bond acceptors (Lipinski definition) is 5. The van der Waals surface area contributed by atoms with Crippen LogP contribution in [0.25, 0.3) is 0 Å². The molecule has 2 amide bonds. The Morgan fingerprint density at radius 1 is 1.17 bits per heavy atom. The maximum atomic E-state index is 13.4. The number of aldehydes is 1. The molecule has 0 aromatic rings. The molecule has 168 valence electrons. The highest BCUT2D eigenvalue weighted by molar-refractivity contribution is 5.91. The van der Waals surface area contributed by atoms with Crippen LogP contribution in [0.4, 0.5) is 0 Å². The van der Waals surface area contributed by atoms with Gasteiger partial charge in [0.15, 0.2) is 0 Å². The minimum Gasteiger partial charge on any atom is -0.379 e. The van der Waals surface area contributed by atoms with Crippen molar-refractivity contribution in [2.45, 2.75) is 71.7 Å². The summed E-state index contributed by atoms with van der Waals surface area (Å²) in [6.07, 6.45) is 1.46. The van der Waals surface area contributed by atoms with Crippen LogP contribution in [0.3, 0.4) is 0 Å². The van der Waals surface area contributed by atoms with Crippen molar-refractivity contribution in [3.05, 3.63) is 12.2 Å². The SMILES string of the molecule is C=C(C)[C@@H](C(=O)N[C@H](C(=O)N(C)[C@@H]([C@@H](C)CC)[C@@H](CC=O)OC)C(C)C)N(C)C. The molecule has 0 aromatic carbocycles. The highest BCUT2D eigenvalue weighted by Crippen LogP contribution is 2.22. The van der Waals surface area contributed by atoms with Crippen LogP contribution < -0.4 is 5.32 Å². The van der Waals surface area contributed by atoms with Gasteiger partial charge in [0.2, 0.25) is 11.8 Å². The first kappa shape index (κ1) is 27.3. The third kappa shape index (κ3) is 7.55. The summed E-state index contributed by atoms with van der Waals surface area (Å²) in [5.74, 6) is -0.418. The van der Waals surface area contributed by atoms with Crippen LogP contribution in [0, 0.1) is 11.8 Å². The Balaban J connectivity index is 5.76. The van der Waals surface area contributed by atoms with Gasteiger partial charge < -0.3 is 19.7 Å². The van der Waals surface area contributed by atoms with E-state index in [-0.39, 0.29) is 36.1 Å². The summed E-state index contributed by atoms with van der Waals surface area (Å²) < 4.78 is 5.54. The number of ether oxygens (including phenoxy) is 1. The molecule has 0 saturated heterocycles. The number of carbonyl (C=O) groups excluding carboxylic acids is 3. The van der Waals surface area contributed by atoms with E-state index in [2.05, 4.69) is 11.9 Å². The van der Waals surface area contributed by atoms with Crippen molar-refractivity contribution < 1.29 is 19.1 Å². The normalized spacial score (nSPS) is 16.7. The van der Waals surface area contributed by atoms with E-state index in [4.69, 9.17) is 4.74 Å². The van der Waals surface area contributed by atoms with E-state index in [0.29, 0.717) is 5.57 Å². The number of nitrogens with one attached hydrogen (secondary N) is 1. The molecule has 0 fully saturated rings. The molecule has 0 aliphatic rings. The van der Waals surface area contributed by atoms with Crippen molar-refractivity contribution in [2.24, 2.45) is 11.8 Å². The minimum absolute atomic E-state index is 0.105. The largest absolute Gasteiger partial charge is 0.379 e. The second-order valence-electron chi connectivity index (χ2n) is 8.44. The second kappa shape index (κ2) is 12.8. The van der Waals surface area contributed by atoms with Crippen LogP contribution in [0.15, 0.2) is 12.2 Å². The van der Waals surface area contributed by atoms with Gasteiger partial charge in [0, 0.05) is 20.6 Å². The molecule has 29 heavy (non-hydrogen) atoms. The van der Waals surface area contributed by atoms with Gasteiger partial charge in [-0.15, -0.1) is 0 Å². The Morgan fingerprint density at radius 3 is 2.07 bits per heavy atom. The van der Waals surface area contributed by atoms with Gasteiger partial charge in [-0.05, 0) is 32.9 Å². The van der Waals surface area contributed by atoms with Gasteiger partial charge >= 0.3 is 0 Å². The third-order valence-corrected chi connectivity index (χ3v) is 5.50. The fraction of sp³-hybridized carbons (Fsp3) is 0.773. The van der Waals surface area contributed by atoms with Crippen molar-refractivity contribution in [1.82, 2.24) is 15.1 Å². The third-order valence-electron chi connectivity index (χ3n) is 5.50. The topological polar surface area (TPSA) is 79.0 Å². The van der Waals surface area contributed by atoms with Crippen molar-refractivity contribution in [1.29, 1.82) is 0 Å². The average molecular weight is 412 g/mol. The van der Waals surface area contributed by atoms with Crippen molar-refractivity contribution in [2.75, 3.05) is 28.3 Å². The highest BCUT2D eigenvalue weighted by atomic mass is 16.5. The maximum absolute atomic E-state index is 13.4. The Hall–Kier alpha value is -1.73. The molecule has 0 rings (SSSR count). The monoisotopic (exact) mass is 411 g/mol. The standard InChI is InChI=1S/C22H41N3O4/c1-11-16(6)20(17(29-10)12-13-26)25(9)22(28)18(14(2)3)23-21(27)19(15(4)5)24(7)8/h13-14,16-20H,4,11-12H2,1-3,5-10H3,(H,23,27)/t16-,17+,18-,19-,20-/m0/s1. The van der Waals surface area contributed by atoms with Crippen molar-refractivity contribution >= 4 is 18.1 Å². The van der Waals surface area contributed by atoms with Gasteiger partial charge in [-0.3, -0.25) is 14.5 Å². The summed E-state index contributed by atoms with van der Waals surface area (Å²) in [6, 6.07) is -1.47. The van der Waals surface area contributed by atoms with Crippen LogP contribution in [0.2, 0.25) is 0 Å². The highest BCUT2D eigenvalue weighted by Gasteiger charge is 2.37. The summed E-state index contributed by atoms with van der Waals surface area (Å²) in [6.45, 7) is 13.6. The van der Waals surface area contributed by atoms with Crippen LogP contribution >= 0.6 is 0 Å². The number of likely N-dealkylation sites (N-methyl/N-ethyl adjacent to an activating group) is 2. The zero-order chi connectivity index (χ0) is 22.9. The lowest BCUT2D eigenvalue weighted by Gasteiger charge is -2.39. The number of carbonyl (C=O) groups is 3. The number of amides is 2. The molecule has 0 aliphatic heterocycles. The second-order valence-corrected chi connectivity index (χ2v) is 8.44. The molecule has 0 aromatic heterocycles. The van der Waals surface area contributed by atoms with E-state index < -0.39 is 18.2 Å². The summed E-state index contributed by atoms with van der Waals surface area (Å²) >= 11 is 0. The van der Waals surface area contributed by atoms with Gasteiger partial charge in [0.05, 0.1) is 12.1 Å². The first-order chi connectivity index (χ1) is 13.4. The average Bonchev–Trinajstić information content (AvgIpc) is 2.63. The number of hydrogen-bond donors (Lipinski definition) is 1. The Labute approximate surface area is 176 Å². The van der Waals surface area contributed by atoms with E-state index in [1.165, 1.54) is 0 Å². The molecule has 0 bridgehead atoms. The predicted octanol–water partition coefficient (Wildman–Crippen LogP) is 2.11. The molecule has 5 atom stereocenters. The first-order valence-corrected chi connectivity index (χ1v) is 10.3. The first-order valence-electron chi connectivity index (χ1n) is 10.3.